The van der Waals surface area contributed by atoms with E-state index in [2.05, 4.69) is 0 Å². The highest BCUT2D eigenvalue weighted by atomic mass is 19.4. The average Bonchev–Trinajstić information content (AvgIpc) is 2.45. The number of hydrogen-bond acceptors (Lipinski definition) is 2. The number of benzene rings is 1. The molecular formula is C15H17F3O3. The number of ether oxygens (including phenoxy) is 1. The van der Waals surface area contributed by atoms with Crippen LogP contribution in [-0.2, 0) is 22.3 Å². The molecule has 1 saturated carbocycles. The third-order valence-corrected chi connectivity index (χ3v) is 3.82. The number of carboxylic acids is 1. The first-order valence-electron chi connectivity index (χ1n) is 6.87. The van der Waals surface area contributed by atoms with Gasteiger partial charge < -0.3 is 9.84 Å². The van der Waals surface area contributed by atoms with Crippen molar-refractivity contribution in [3.05, 3.63) is 35.4 Å². The van der Waals surface area contributed by atoms with Crippen LogP contribution < -0.4 is 0 Å². The Kier molecular flexibility index (Phi) is 4.88. The van der Waals surface area contributed by atoms with Gasteiger partial charge in [-0.05, 0) is 37.3 Å². The molecular weight excluding hydrogens is 285 g/mol. The monoisotopic (exact) mass is 302 g/mol. The van der Waals surface area contributed by atoms with Crippen LogP contribution in [0, 0.1) is 5.92 Å². The Bertz CT molecular complexity index is 491. The highest BCUT2D eigenvalue weighted by Gasteiger charge is 2.33. The normalized spacial score (nSPS) is 23.0. The highest BCUT2D eigenvalue weighted by molar-refractivity contribution is 5.70. The Morgan fingerprint density at radius 3 is 2.38 bits per heavy atom. The van der Waals surface area contributed by atoms with Crippen LogP contribution in [0.15, 0.2) is 24.3 Å². The molecule has 0 aliphatic heterocycles. The predicted molar refractivity (Wildman–Crippen MR) is 69.6 cm³/mol. The van der Waals surface area contributed by atoms with Crippen molar-refractivity contribution in [2.75, 3.05) is 0 Å². The fourth-order valence-electron chi connectivity index (χ4n) is 2.61. The number of carboxylic acid groups (broad SMARTS) is 1. The fourth-order valence-corrected chi connectivity index (χ4v) is 2.61. The van der Waals surface area contributed by atoms with E-state index in [4.69, 9.17) is 9.84 Å². The summed E-state index contributed by atoms with van der Waals surface area (Å²) in [4.78, 5) is 10.8. The summed E-state index contributed by atoms with van der Waals surface area (Å²) < 4.78 is 44.0. The number of halogens is 3. The predicted octanol–water partition coefficient (Wildman–Crippen LogP) is 3.87. The number of rotatable bonds is 4. The van der Waals surface area contributed by atoms with Crippen molar-refractivity contribution in [1.29, 1.82) is 0 Å². The molecule has 3 nitrogen and oxygen atoms in total. The van der Waals surface area contributed by atoms with E-state index >= 15 is 0 Å². The lowest BCUT2D eigenvalue weighted by atomic mass is 9.87. The molecule has 0 aromatic heterocycles. The molecule has 0 saturated heterocycles. The minimum atomic E-state index is -4.39. The molecule has 0 radical (unpaired) electrons. The zero-order valence-corrected chi connectivity index (χ0v) is 11.4. The molecule has 0 amide bonds. The lowest BCUT2D eigenvalue weighted by Crippen LogP contribution is -2.26. The molecule has 21 heavy (non-hydrogen) atoms. The summed E-state index contributed by atoms with van der Waals surface area (Å²) in [5.41, 5.74) is -0.561. The van der Waals surface area contributed by atoms with Crippen molar-refractivity contribution in [1.82, 2.24) is 0 Å². The number of carbonyl (C=O) groups is 1. The second-order valence-electron chi connectivity index (χ2n) is 5.28. The molecule has 2 rings (SSSR count). The Balaban J connectivity index is 1.91. The maximum atomic E-state index is 12.8. The standard InChI is InChI=1S/C15H17F3O3/c16-15(17,18)13-4-2-1-3-11(13)9-21-12-7-5-10(6-8-12)14(19)20/h1-4,10,12H,5-9H2,(H,19,20). The molecule has 1 aliphatic carbocycles. The van der Waals surface area contributed by atoms with Gasteiger partial charge >= 0.3 is 12.1 Å². The van der Waals surface area contributed by atoms with Crippen LogP contribution >= 0.6 is 0 Å². The summed E-state index contributed by atoms with van der Waals surface area (Å²) in [7, 11) is 0. The summed E-state index contributed by atoms with van der Waals surface area (Å²) >= 11 is 0. The SMILES string of the molecule is O=C(O)C1CCC(OCc2ccccc2C(F)(F)F)CC1. The van der Waals surface area contributed by atoms with Gasteiger partial charge in [-0.15, -0.1) is 0 Å². The zero-order chi connectivity index (χ0) is 15.5. The first-order chi connectivity index (χ1) is 9.88. The van der Waals surface area contributed by atoms with Crippen LogP contribution in [0.2, 0.25) is 0 Å². The van der Waals surface area contributed by atoms with Crippen LogP contribution in [0.4, 0.5) is 13.2 Å². The maximum Gasteiger partial charge on any atom is 0.416 e. The molecule has 1 N–H and O–H groups in total. The van der Waals surface area contributed by atoms with Gasteiger partial charge in [-0.25, -0.2) is 0 Å². The van der Waals surface area contributed by atoms with Crippen LogP contribution in [-0.4, -0.2) is 17.2 Å². The zero-order valence-electron chi connectivity index (χ0n) is 11.4. The summed E-state index contributed by atoms with van der Waals surface area (Å²) in [5, 5.41) is 8.89. The molecule has 1 aromatic rings. The van der Waals surface area contributed by atoms with Crippen molar-refractivity contribution >= 4 is 5.97 Å². The van der Waals surface area contributed by atoms with Crippen molar-refractivity contribution < 1.29 is 27.8 Å². The Morgan fingerprint density at radius 1 is 1.19 bits per heavy atom. The molecule has 1 aromatic carbocycles. The Labute approximate surface area is 120 Å². The fraction of sp³-hybridized carbons (Fsp3) is 0.533. The van der Waals surface area contributed by atoms with Gasteiger partial charge in [-0.3, -0.25) is 4.79 Å². The third kappa shape index (κ3) is 4.20. The van der Waals surface area contributed by atoms with Gasteiger partial charge in [0, 0.05) is 0 Å². The van der Waals surface area contributed by atoms with Gasteiger partial charge in [-0.2, -0.15) is 13.2 Å². The van der Waals surface area contributed by atoms with Crippen LogP contribution in [0.5, 0.6) is 0 Å². The van der Waals surface area contributed by atoms with E-state index in [0.29, 0.717) is 25.7 Å². The first-order valence-corrected chi connectivity index (χ1v) is 6.87. The van der Waals surface area contributed by atoms with Crippen molar-refractivity contribution in [3.63, 3.8) is 0 Å². The molecule has 0 atom stereocenters. The van der Waals surface area contributed by atoms with Gasteiger partial charge in [0.05, 0.1) is 24.2 Å². The van der Waals surface area contributed by atoms with Crippen molar-refractivity contribution in [2.24, 2.45) is 5.92 Å². The van der Waals surface area contributed by atoms with Crippen LogP contribution in [0.3, 0.4) is 0 Å². The van der Waals surface area contributed by atoms with E-state index in [0.717, 1.165) is 6.07 Å². The first kappa shape index (κ1) is 15.8. The third-order valence-electron chi connectivity index (χ3n) is 3.82. The van der Waals surface area contributed by atoms with Crippen molar-refractivity contribution in [2.45, 2.75) is 44.6 Å². The van der Waals surface area contributed by atoms with Gasteiger partial charge in [0.15, 0.2) is 0 Å². The molecule has 1 fully saturated rings. The second-order valence-corrected chi connectivity index (χ2v) is 5.28. The van der Waals surface area contributed by atoms with Gasteiger partial charge in [0.25, 0.3) is 0 Å². The summed E-state index contributed by atoms with van der Waals surface area (Å²) in [6.07, 6.45) is -2.37. The molecule has 6 heteroatoms. The number of hydrogen-bond donors (Lipinski definition) is 1. The highest BCUT2D eigenvalue weighted by Crippen LogP contribution is 2.33. The van der Waals surface area contributed by atoms with E-state index in [-0.39, 0.29) is 24.2 Å². The average molecular weight is 302 g/mol. The molecule has 0 spiro atoms. The number of aliphatic carboxylic acids is 1. The van der Waals surface area contributed by atoms with Gasteiger partial charge in [-0.1, -0.05) is 18.2 Å². The Morgan fingerprint density at radius 2 is 1.81 bits per heavy atom. The number of alkyl halides is 3. The lowest BCUT2D eigenvalue weighted by Gasteiger charge is -2.26. The minimum absolute atomic E-state index is 0.0991. The van der Waals surface area contributed by atoms with Crippen LogP contribution in [0.25, 0.3) is 0 Å². The van der Waals surface area contributed by atoms with E-state index in [9.17, 15) is 18.0 Å². The van der Waals surface area contributed by atoms with E-state index in [1.165, 1.54) is 12.1 Å². The Hall–Kier alpha value is -1.56. The summed E-state index contributed by atoms with van der Waals surface area (Å²) in [5.74, 6) is -1.16. The van der Waals surface area contributed by atoms with Crippen LogP contribution in [0.1, 0.15) is 36.8 Å². The van der Waals surface area contributed by atoms with Gasteiger partial charge in [0.2, 0.25) is 0 Å². The maximum absolute atomic E-state index is 12.8. The molecule has 0 unspecified atom stereocenters. The quantitative estimate of drug-likeness (QED) is 0.918. The van der Waals surface area contributed by atoms with E-state index < -0.39 is 17.7 Å². The largest absolute Gasteiger partial charge is 0.481 e. The topological polar surface area (TPSA) is 46.5 Å². The van der Waals surface area contributed by atoms with Crippen molar-refractivity contribution in [3.8, 4) is 0 Å². The molecule has 1 aliphatic rings. The van der Waals surface area contributed by atoms with Gasteiger partial charge in [0.1, 0.15) is 0 Å². The second kappa shape index (κ2) is 6.47. The molecule has 0 heterocycles. The summed E-state index contributed by atoms with van der Waals surface area (Å²) in [6.45, 7) is -0.0991. The molecule has 0 bridgehead atoms. The minimum Gasteiger partial charge on any atom is -0.481 e. The lowest BCUT2D eigenvalue weighted by molar-refractivity contribution is -0.144. The smallest absolute Gasteiger partial charge is 0.416 e. The summed E-state index contributed by atoms with van der Waals surface area (Å²) in [6, 6.07) is 5.35. The van der Waals surface area contributed by atoms with E-state index in [1.54, 1.807) is 6.07 Å². The molecule has 116 valence electrons. The van der Waals surface area contributed by atoms with E-state index in [1.807, 2.05) is 0 Å².